The van der Waals surface area contributed by atoms with Crippen molar-refractivity contribution < 1.29 is 19.1 Å². The van der Waals surface area contributed by atoms with Gasteiger partial charge in [0.2, 0.25) is 5.91 Å². The molecule has 0 saturated heterocycles. The van der Waals surface area contributed by atoms with Crippen LogP contribution in [0.15, 0.2) is 66.7 Å². The van der Waals surface area contributed by atoms with Crippen molar-refractivity contribution in [2.45, 2.75) is 84.0 Å². The van der Waals surface area contributed by atoms with Crippen LogP contribution >= 0.6 is 0 Å². The van der Waals surface area contributed by atoms with Crippen LogP contribution in [0.4, 0.5) is 10.5 Å². The van der Waals surface area contributed by atoms with E-state index < -0.39 is 23.8 Å². The maximum Gasteiger partial charge on any atom is 0.408 e. The Bertz CT molecular complexity index is 1480. The van der Waals surface area contributed by atoms with Crippen molar-refractivity contribution in [2.24, 2.45) is 5.92 Å². The van der Waals surface area contributed by atoms with E-state index in [0.717, 1.165) is 30.0 Å². The average Bonchev–Trinajstić information content (AvgIpc) is 2.93. The number of terminal acetylenes is 1. The maximum atomic E-state index is 14.5. The molecule has 1 aliphatic carbocycles. The zero-order valence-corrected chi connectivity index (χ0v) is 25.1. The third-order valence-corrected chi connectivity index (χ3v) is 7.83. The Morgan fingerprint density at radius 2 is 1.69 bits per heavy atom. The van der Waals surface area contributed by atoms with Crippen LogP contribution in [-0.2, 0) is 14.3 Å². The number of hydrogen-bond donors (Lipinski definition) is 2. The quantitative estimate of drug-likeness (QED) is 0.278. The second-order valence-corrected chi connectivity index (χ2v) is 12.0. The summed E-state index contributed by atoms with van der Waals surface area (Å²) in [4.78, 5) is 43.4. The van der Waals surface area contributed by atoms with Gasteiger partial charge in [-0.25, -0.2) is 4.79 Å². The summed E-state index contributed by atoms with van der Waals surface area (Å²) >= 11 is 0. The third-order valence-electron chi connectivity index (χ3n) is 7.83. The molecule has 220 valence electrons. The summed E-state index contributed by atoms with van der Waals surface area (Å²) in [5.74, 6) is 1.80. The van der Waals surface area contributed by atoms with E-state index in [1.807, 2.05) is 68.4 Å². The van der Waals surface area contributed by atoms with Gasteiger partial charge in [0.25, 0.3) is 5.91 Å². The molecule has 0 aromatic heterocycles. The summed E-state index contributed by atoms with van der Waals surface area (Å²) in [6, 6.07) is 18.8. The first-order valence-corrected chi connectivity index (χ1v) is 14.7. The monoisotopic (exact) mass is 567 g/mol. The highest BCUT2D eigenvalue weighted by molar-refractivity contribution is 6.01. The van der Waals surface area contributed by atoms with Gasteiger partial charge in [-0.3, -0.25) is 9.59 Å². The normalized spacial score (nSPS) is 15.4. The van der Waals surface area contributed by atoms with E-state index in [2.05, 4.69) is 16.6 Å². The van der Waals surface area contributed by atoms with Crippen molar-refractivity contribution in [1.29, 1.82) is 0 Å². The van der Waals surface area contributed by atoms with Gasteiger partial charge in [0.15, 0.2) is 0 Å². The lowest BCUT2D eigenvalue weighted by Crippen LogP contribution is -2.58. The van der Waals surface area contributed by atoms with Crippen molar-refractivity contribution in [3.8, 4) is 12.3 Å². The Morgan fingerprint density at radius 1 is 1.02 bits per heavy atom. The maximum absolute atomic E-state index is 14.5. The van der Waals surface area contributed by atoms with Crippen LogP contribution in [0.3, 0.4) is 0 Å². The van der Waals surface area contributed by atoms with Crippen LogP contribution in [-0.4, -0.2) is 40.5 Å². The number of nitrogens with zero attached hydrogens (tertiary/aromatic N) is 1. The summed E-state index contributed by atoms with van der Waals surface area (Å²) in [6.45, 7) is 9.21. The third kappa shape index (κ3) is 7.12. The first-order valence-electron chi connectivity index (χ1n) is 14.7. The molecular weight excluding hydrogens is 526 g/mol. The van der Waals surface area contributed by atoms with Gasteiger partial charge in [-0.2, -0.15) is 0 Å². The fourth-order valence-corrected chi connectivity index (χ4v) is 5.22. The average molecular weight is 568 g/mol. The molecule has 3 unspecified atom stereocenters. The van der Waals surface area contributed by atoms with Crippen LogP contribution in [0, 0.1) is 18.3 Å². The molecule has 1 aliphatic rings. The molecule has 4 rings (SSSR count). The molecular formula is C35H41N3O4. The Hall–Kier alpha value is -4.31. The highest BCUT2D eigenvalue weighted by Crippen LogP contribution is 2.36. The number of hydrogen-bond acceptors (Lipinski definition) is 4. The van der Waals surface area contributed by atoms with E-state index in [1.54, 1.807) is 37.8 Å². The standard InChI is InChI=1S/C35H41N3O4/c1-7-23(3)30(37-34(41)42-35(4,5)6)33(40)38(28-17-13-18-28)31(29-19-12-11-14-24(29)8-2)32(39)36-27-21-20-25-15-9-10-16-26(25)22-27/h2,9-12,14-16,19-23,28,30-31H,7,13,17-18H2,1,3-6H3,(H,36,39)(H,37,41). The lowest BCUT2D eigenvalue weighted by molar-refractivity contribution is -0.147. The van der Waals surface area contributed by atoms with Gasteiger partial charge >= 0.3 is 6.09 Å². The summed E-state index contributed by atoms with van der Waals surface area (Å²) in [6.07, 6.45) is 8.31. The lowest BCUT2D eigenvalue weighted by Gasteiger charge is -2.44. The van der Waals surface area contributed by atoms with E-state index in [0.29, 0.717) is 23.2 Å². The summed E-state index contributed by atoms with van der Waals surface area (Å²) in [7, 11) is 0. The molecule has 0 bridgehead atoms. The van der Waals surface area contributed by atoms with Crippen molar-refractivity contribution in [1.82, 2.24) is 10.2 Å². The van der Waals surface area contributed by atoms with Crippen LogP contribution in [0.5, 0.6) is 0 Å². The largest absolute Gasteiger partial charge is 0.444 e. The van der Waals surface area contributed by atoms with Gasteiger partial charge in [-0.15, -0.1) is 6.42 Å². The van der Waals surface area contributed by atoms with Crippen LogP contribution < -0.4 is 10.6 Å². The minimum absolute atomic E-state index is 0.178. The Labute approximate surface area is 249 Å². The lowest BCUT2D eigenvalue weighted by atomic mass is 9.86. The predicted octanol–water partition coefficient (Wildman–Crippen LogP) is 6.82. The number of carbonyl (C=O) groups excluding carboxylic acids is 3. The van der Waals surface area contributed by atoms with Gasteiger partial charge in [0, 0.05) is 17.3 Å². The minimum Gasteiger partial charge on any atom is -0.444 e. The summed E-state index contributed by atoms with van der Waals surface area (Å²) in [5.41, 5.74) is 0.995. The van der Waals surface area contributed by atoms with Gasteiger partial charge < -0.3 is 20.3 Å². The van der Waals surface area contributed by atoms with Crippen molar-refractivity contribution in [3.63, 3.8) is 0 Å². The first-order chi connectivity index (χ1) is 20.0. The second kappa shape index (κ2) is 13.1. The highest BCUT2D eigenvalue weighted by Gasteiger charge is 2.43. The number of alkyl carbamates (subject to hydrolysis) is 1. The molecule has 0 radical (unpaired) electrons. The number of ether oxygens (including phenoxy) is 1. The van der Waals surface area contributed by atoms with Crippen LogP contribution in [0.25, 0.3) is 10.8 Å². The van der Waals surface area contributed by atoms with Gasteiger partial charge in [0.1, 0.15) is 17.7 Å². The van der Waals surface area contributed by atoms with Crippen molar-refractivity contribution >= 4 is 34.4 Å². The van der Waals surface area contributed by atoms with E-state index in [1.165, 1.54) is 0 Å². The van der Waals surface area contributed by atoms with E-state index in [4.69, 9.17) is 11.2 Å². The summed E-state index contributed by atoms with van der Waals surface area (Å²) < 4.78 is 5.51. The molecule has 3 amide bonds. The molecule has 0 heterocycles. The second-order valence-electron chi connectivity index (χ2n) is 12.0. The first kappa shape index (κ1) is 30.6. The summed E-state index contributed by atoms with van der Waals surface area (Å²) in [5, 5.41) is 7.93. The number of carbonyl (C=O) groups is 3. The molecule has 2 N–H and O–H groups in total. The number of anilines is 1. The molecule has 1 saturated carbocycles. The predicted molar refractivity (Wildman–Crippen MR) is 167 cm³/mol. The molecule has 3 aromatic rings. The highest BCUT2D eigenvalue weighted by atomic mass is 16.6. The van der Waals surface area contributed by atoms with Gasteiger partial charge in [-0.1, -0.05) is 74.7 Å². The Kier molecular flexibility index (Phi) is 9.57. The van der Waals surface area contributed by atoms with E-state index in [9.17, 15) is 14.4 Å². The molecule has 7 heteroatoms. The minimum atomic E-state index is -1.01. The molecule has 0 aliphatic heterocycles. The molecule has 42 heavy (non-hydrogen) atoms. The van der Waals surface area contributed by atoms with Gasteiger partial charge in [0.05, 0.1) is 0 Å². The Morgan fingerprint density at radius 3 is 2.31 bits per heavy atom. The molecule has 1 fully saturated rings. The SMILES string of the molecule is C#Cc1ccccc1C(C(=O)Nc1ccc2ccccc2c1)N(C(=O)C(NC(=O)OC(C)(C)C)C(C)CC)C1CCC1. The zero-order chi connectivity index (χ0) is 30.4. The van der Waals surface area contributed by atoms with Crippen LogP contribution in [0.1, 0.15) is 77.5 Å². The van der Waals surface area contributed by atoms with Crippen molar-refractivity contribution in [2.75, 3.05) is 5.32 Å². The number of nitrogens with one attached hydrogen (secondary N) is 2. The molecule has 3 aromatic carbocycles. The molecule has 3 atom stereocenters. The van der Waals surface area contributed by atoms with E-state index in [-0.39, 0.29) is 23.8 Å². The smallest absolute Gasteiger partial charge is 0.408 e. The van der Waals surface area contributed by atoms with Gasteiger partial charge in [-0.05, 0) is 80.5 Å². The fourth-order valence-electron chi connectivity index (χ4n) is 5.22. The number of rotatable bonds is 9. The van der Waals surface area contributed by atoms with Crippen molar-refractivity contribution in [3.05, 3.63) is 77.9 Å². The van der Waals surface area contributed by atoms with Crippen LogP contribution in [0.2, 0.25) is 0 Å². The molecule has 0 spiro atoms. The number of amides is 3. The Balaban J connectivity index is 1.77. The molecule has 7 nitrogen and oxygen atoms in total. The topological polar surface area (TPSA) is 87.7 Å². The zero-order valence-electron chi connectivity index (χ0n) is 25.1. The van der Waals surface area contributed by atoms with E-state index >= 15 is 0 Å². The fraction of sp³-hybridized carbons (Fsp3) is 0.400. The number of benzene rings is 3. The number of fused-ring (bicyclic) bond motifs is 1.